The van der Waals surface area contributed by atoms with Crippen LogP contribution >= 0.6 is 11.3 Å². The van der Waals surface area contributed by atoms with E-state index in [1.165, 1.54) is 0 Å². The van der Waals surface area contributed by atoms with Crippen molar-refractivity contribution < 1.29 is 9.31 Å². The van der Waals surface area contributed by atoms with Gasteiger partial charge < -0.3 is 9.31 Å². The van der Waals surface area contributed by atoms with Gasteiger partial charge in [0.15, 0.2) is 0 Å². The van der Waals surface area contributed by atoms with Crippen LogP contribution in [-0.4, -0.2) is 23.3 Å². The molecule has 0 radical (unpaired) electrons. The van der Waals surface area contributed by atoms with Crippen LogP contribution in [0, 0.1) is 0 Å². The van der Waals surface area contributed by atoms with Crippen molar-refractivity contribution in [3.05, 3.63) is 35.2 Å². The molecule has 2 aromatic rings. The summed E-state index contributed by atoms with van der Waals surface area (Å²) in [6, 6.07) is 6.07. The Morgan fingerprint density at radius 2 is 1.80 bits per heavy atom. The molecule has 5 heteroatoms. The molecular formula is C15H18BNO2S. The zero-order valence-electron chi connectivity index (χ0n) is 12.2. The summed E-state index contributed by atoms with van der Waals surface area (Å²) in [5.41, 5.74) is 2.47. The van der Waals surface area contributed by atoms with E-state index in [0.29, 0.717) is 0 Å². The Labute approximate surface area is 124 Å². The minimum atomic E-state index is -0.333. The third-order valence-electron chi connectivity index (χ3n) is 4.13. The lowest BCUT2D eigenvalue weighted by Crippen LogP contribution is -2.41. The molecule has 0 atom stereocenters. The van der Waals surface area contributed by atoms with Crippen LogP contribution < -0.4 is 5.46 Å². The monoisotopic (exact) mass is 287 g/mol. The largest absolute Gasteiger partial charge is 0.494 e. The normalized spacial score (nSPS) is 20.3. The highest BCUT2D eigenvalue weighted by Crippen LogP contribution is 2.36. The van der Waals surface area contributed by atoms with Crippen LogP contribution in [0.2, 0.25) is 0 Å². The fraction of sp³-hybridized carbons (Fsp3) is 0.400. The molecule has 1 saturated heterocycles. The Hall–Kier alpha value is -1.17. The van der Waals surface area contributed by atoms with E-state index < -0.39 is 0 Å². The molecule has 104 valence electrons. The summed E-state index contributed by atoms with van der Waals surface area (Å²) >= 11 is 1.67. The summed E-state index contributed by atoms with van der Waals surface area (Å²) in [7, 11) is -0.333. The zero-order chi connectivity index (χ0) is 14.4. The Morgan fingerprint density at radius 1 is 1.10 bits per heavy atom. The summed E-state index contributed by atoms with van der Waals surface area (Å²) in [5.74, 6) is 0. The number of aromatic nitrogens is 1. The van der Waals surface area contributed by atoms with Gasteiger partial charge in [-0.3, -0.25) is 4.98 Å². The zero-order valence-corrected chi connectivity index (χ0v) is 13.0. The van der Waals surface area contributed by atoms with E-state index in [4.69, 9.17) is 9.31 Å². The van der Waals surface area contributed by atoms with Gasteiger partial charge in [-0.2, -0.15) is 11.3 Å². The topological polar surface area (TPSA) is 31.4 Å². The first-order valence-corrected chi connectivity index (χ1v) is 7.67. The number of hydrogen-bond acceptors (Lipinski definition) is 4. The third kappa shape index (κ3) is 2.30. The van der Waals surface area contributed by atoms with E-state index in [1.807, 2.05) is 18.3 Å². The molecule has 3 rings (SSSR count). The molecule has 20 heavy (non-hydrogen) atoms. The quantitative estimate of drug-likeness (QED) is 0.795. The second-order valence-corrected chi connectivity index (χ2v) is 6.85. The third-order valence-corrected chi connectivity index (χ3v) is 4.81. The molecule has 0 aliphatic carbocycles. The molecule has 0 bridgehead atoms. The lowest BCUT2D eigenvalue weighted by Gasteiger charge is -2.32. The fourth-order valence-electron chi connectivity index (χ4n) is 2.14. The van der Waals surface area contributed by atoms with Crippen molar-refractivity contribution in [2.24, 2.45) is 0 Å². The minimum absolute atomic E-state index is 0.316. The van der Waals surface area contributed by atoms with Crippen molar-refractivity contribution in [1.29, 1.82) is 0 Å². The molecule has 0 spiro atoms. The van der Waals surface area contributed by atoms with Crippen LogP contribution in [0.3, 0.4) is 0 Å². The molecule has 1 aliphatic heterocycles. The molecule has 3 heterocycles. The highest BCUT2D eigenvalue weighted by Gasteiger charge is 2.51. The lowest BCUT2D eigenvalue weighted by molar-refractivity contribution is 0.00578. The van der Waals surface area contributed by atoms with Gasteiger partial charge in [-0.25, -0.2) is 0 Å². The van der Waals surface area contributed by atoms with Crippen molar-refractivity contribution in [2.45, 2.75) is 38.9 Å². The number of thiophene rings is 1. The van der Waals surface area contributed by atoms with Gasteiger partial charge >= 0.3 is 7.12 Å². The Morgan fingerprint density at radius 3 is 2.40 bits per heavy atom. The average molecular weight is 287 g/mol. The minimum Gasteiger partial charge on any atom is -0.399 e. The molecule has 3 nitrogen and oxygen atoms in total. The van der Waals surface area contributed by atoms with Crippen LogP contribution in [-0.2, 0) is 9.31 Å². The van der Waals surface area contributed by atoms with Gasteiger partial charge in [-0.1, -0.05) is 0 Å². The van der Waals surface area contributed by atoms with Crippen molar-refractivity contribution in [3.63, 3.8) is 0 Å². The van der Waals surface area contributed by atoms with Crippen LogP contribution in [0.5, 0.6) is 0 Å². The van der Waals surface area contributed by atoms with Crippen molar-refractivity contribution in [1.82, 2.24) is 4.98 Å². The first-order chi connectivity index (χ1) is 9.39. The summed E-state index contributed by atoms with van der Waals surface area (Å²) in [6.07, 6.45) is 1.81. The van der Waals surface area contributed by atoms with Crippen molar-refractivity contribution >= 4 is 23.9 Å². The first kappa shape index (κ1) is 13.8. The molecular weight excluding hydrogens is 269 g/mol. The molecule has 2 aromatic heterocycles. The van der Waals surface area contributed by atoms with E-state index in [2.05, 4.69) is 49.5 Å². The summed E-state index contributed by atoms with van der Waals surface area (Å²) in [4.78, 5) is 4.42. The Kier molecular flexibility index (Phi) is 3.24. The smallest absolute Gasteiger partial charge is 0.399 e. The molecule has 0 N–H and O–H groups in total. The van der Waals surface area contributed by atoms with Gasteiger partial charge in [0.1, 0.15) is 0 Å². The molecule has 0 aromatic carbocycles. The van der Waals surface area contributed by atoms with Gasteiger partial charge in [-0.05, 0) is 56.7 Å². The van der Waals surface area contributed by atoms with Crippen LogP contribution in [0.4, 0.5) is 0 Å². The van der Waals surface area contributed by atoms with E-state index in [0.717, 1.165) is 16.7 Å². The van der Waals surface area contributed by atoms with Crippen LogP contribution in [0.15, 0.2) is 35.2 Å². The Balaban J connectivity index is 1.91. The van der Waals surface area contributed by atoms with Crippen molar-refractivity contribution in [3.8, 4) is 11.3 Å². The standard InChI is InChI=1S/C15H18BNO2S/c1-14(2)15(3,4)19-16(18-14)12-5-7-17-13(9-12)11-6-8-20-10-11/h5-10H,1-4H3. The van der Waals surface area contributed by atoms with Gasteiger partial charge in [0.2, 0.25) is 0 Å². The summed E-state index contributed by atoms with van der Waals surface area (Å²) in [5, 5.41) is 4.15. The molecule has 1 fully saturated rings. The molecule has 0 unspecified atom stereocenters. The average Bonchev–Trinajstić information content (AvgIpc) is 2.97. The second kappa shape index (κ2) is 4.69. The predicted octanol–water partition coefficient (Wildman–Crippen LogP) is 3.11. The number of pyridine rings is 1. The molecule has 0 amide bonds. The molecule has 0 saturated carbocycles. The number of nitrogens with zero attached hydrogens (tertiary/aromatic N) is 1. The van der Waals surface area contributed by atoms with Crippen LogP contribution in [0.1, 0.15) is 27.7 Å². The van der Waals surface area contributed by atoms with Gasteiger partial charge in [0.25, 0.3) is 0 Å². The SMILES string of the molecule is CC1(C)OB(c2ccnc(-c3ccsc3)c2)OC1(C)C. The first-order valence-electron chi connectivity index (χ1n) is 6.73. The van der Waals surface area contributed by atoms with Crippen molar-refractivity contribution in [2.75, 3.05) is 0 Å². The maximum absolute atomic E-state index is 6.08. The Bertz CT molecular complexity index is 594. The summed E-state index contributed by atoms with van der Waals surface area (Å²) in [6.45, 7) is 8.25. The highest BCUT2D eigenvalue weighted by molar-refractivity contribution is 7.08. The van der Waals surface area contributed by atoms with E-state index in [9.17, 15) is 0 Å². The predicted molar refractivity (Wildman–Crippen MR) is 83.3 cm³/mol. The number of hydrogen-bond donors (Lipinski definition) is 0. The lowest BCUT2D eigenvalue weighted by atomic mass is 9.79. The molecule has 1 aliphatic rings. The summed E-state index contributed by atoms with van der Waals surface area (Å²) < 4.78 is 12.2. The van der Waals surface area contributed by atoms with E-state index in [1.54, 1.807) is 11.3 Å². The highest BCUT2D eigenvalue weighted by atomic mass is 32.1. The van der Waals surface area contributed by atoms with E-state index >= 15 is 0 Å². The van der Waals surface area contributed by atoms with E-state index in [-0.39, 0.29) is 18.3 Å². The van der Waals surface area contributed by atoms with Gasteiger partial charge in [0.05, 0.1) is 16.9 Å². The second-order valence-electron chi connectivity index (χ2n) is 6.07. The van der Waals surface area contributed by atoms with Crippen LogP contribution in [0.25, 0.3) is 11.3 Å². The maximum atomic E-state index is 6.08. The van der Waals surface area contributed by atoms with Gasteiger partial charge in [0, 0.05) is 17.1 Å². The fourth-order valence-corrected chi connectivity index (χ4v) is 2.79. The maximum Gasteiger partial charge on any atom is 0.494 e. The van der Waals surface area contributed by atoms with Gasteiger partial charge in [-0.15, -0.1) is 0 Å². The number of rotatable bonds is 2.